The predicted molar refractivity (Wildman–Crippen MR) is 76.2 cm³/mol. The summed E-state index contributed by atoms with van der Waals surface area (Å²) in [6, 6.07) is 4.27. The van der Waals surface area contributed by atoms with Crippen LogP contribution in [0.5, 0.6) is 5.75 Å². The molecule has 0 aromatic heterocycles. The molecule has 4 N–H and O–H groups in total. The quantitative estimate of drug-likeness (QED) is 0.623. The summed E-state index contributed by atoms with van der Waals surface area (Å²) in [6.45, 7) is 0. The van der Waals surface area contributed by atoms with Crippen molar-refractivity contribution >= 4 is 28.9 Å². The number of carboxylic acids is 1. The molecule has 21 heavy (non-hydrogen) atoms. The Morgan fingerprint density at radius 3 is 2.57 bits per heavy atom. The molecule has 8 heteroatoms. The lowest BCUT2D eigenvalue weighted by molar-refractivity contribution is -0.141. The summed E-state index contributed by atoms with van der Waals surface area (Å²) in [6.07, 6.45) is 0.0924. The number of carbonyl (C=O) groups excluding carboxylic acids is 2. The van der Waals surface area contributed by atoms with Gasteiger partial charge in [-0.05, 0) is 17.7 Å². The van der Waals surface area contributed by atoms with Crippen molar-refractivity contribution in [3.8, 4) is 5.75 Å². The lowest BCUT2D eigenvalue weighted by atomic mass is 10.1. The van der Waals surface area contributed by atoms with E-state index in [1.807, 2.05) is 0 Å². The van der Waals surface area contributed by atoms with Crippen molar-refractivity contribution in [2.45, 2.75) is 18.5 Å². The van der Waals surface area contributed by atoms with Crippen molar-refractivity contribution in [3.05, 3.63) is 29.8 Å². The molecule has 0 aliphatic carbocycles. The Hall–Kier alpha value is -2.22. The number of nitrogens with one attached hydrogen (secondary N) is 2. The largest absolute Gasteiger partial charge is 0.508 e. The summed E-state index contributed by atoms with van der Waals surface area (Å²) in [4.78, 5) is 34.2. The molecule has 1 saturated heterocycles. The van der Waals surface area contributed by atoms with Gasteiger partial charge < -0.3 is 20.8 Å². The molecule has 1 fully saturated rings. The lowest BCUT2D eigenvalue weighted by Crippen LogP contribution is -2.50. The van der Waals surface area contributed by atoms with Gasteiger partial charge in [-0.25, -0.2) is 4.79 Å². The normalized spacial score (nSPS) is 18.9. The van der Waals surface area contributed by atoms with E-state index in [2.05, 4.69) is 10.6 Å². The van der Waals surface area contributed by atoms with Gasteiger partial charge in [0.2, 0.25) is 5.91 Å². The fourth-order valence-corrected chi connectivity index (χ4v) is 2.64. The molecule has 1 aliphatic rings. The van der Waals surface area contributed by atoms with Crippen molar-refractivity contribution < 1.29 is 24.6 Å². The van der Waals surface area contributed by atoms with Gasteiger partial charge in [0.1, 0.15) is 17.8 Å². The number of amides is 2. The summed E-state index contributed by atoms with van der Waals surface area (Å²) in [5.74, 6) is -1.30. The van der Waals surface area contributed by atoms with Crippen LogP contribution in [0.1, 0.15) is 5.56 Å². The predicted octanol–water partition coefficient (Wildman–Crippen LogP) is 0.329. The van der Waals surface area contributed by atoms with E-state index in [1.165, 1.54) is 12.1 Å². The van der Waals surface area contributed by atoms with Gasteiger partial charge in [0, 0.05) is 12.2 Å². The number of aromatic hydroxyl groups is 1. The molecule has 2 amide bonds. The zero-order valence-corrected chi connectivity index (χ0v) is 11.7. The van der Waals surface area contributed by atoms with Gasteiger partial charge in [-0.15, -0.1) is 0 Å². The molecule has 0 radical (unpaired) electrons. The van der Waals surface area contributed by atoms with Crippen LogP contribution in [0.3, 0.4) is 0 Å². The van der Waals surface area contributed by atoms with Crippen LogP contribution < -0.4 is 10.6 Å². The maximum Gasteiger partial charge on any atom is 0.326 e. The molecule has 0 saturated carbocycles. The molecule has 1 unspecified atom stereocenters. The highest BCUT2D eigenvalue weighted by atomic mass is 32.2. The van der Waals surface area contributed by atoms with E-state index in [9.17, 15) is 24.6 Å². The number of carboxylic acid groups (broad SMARTS) is 1. The van der Waals surface area contributed by atoms with Gasteiger partial charge in [-0.3, -0.25) is 9.59 Å². The minimum atomic E-state index is -1.16. The third-order valence-corrected chi connectivity index (χ3v) is 3.86. The van der Waals surface area contributed by atoms with E-state index in [0.717, 1.165) is 11.8 Å². The molecule has 0 spiro atoms. The summed E-state index contributed by atoms with van der Waals surface area (Å²) in [5.41, 5.74) is 0.672. The van der Waals surface area contributed by atoms with Crippen LogP contribution >= 0.6 is 11.8 Å². The Kier molecular flexibility index (Phi) is 4.69. The average Bonchev–Trinajstić information content (AvgIpc) is 2.87. The van der Waals surface area contributed by atoms with Gasteiger partial charge in [0.25, 0.3) is 5.24 Å². The number of aliphatic carboxylic acids is 1. The topological polar surface area (TPSA) is 116 Å². The van der Waals surface area contributed by atoms with Gasteiger partial charge >= 0.3 is 5.97 Å². The molecule has 2 rings (SSSR count). The summed E-state index contributed by atoms with van der Waals surface area (Å²) < 4.78 is 0. The van der Waals surface area contributed by atoms with Gasteiger partial charge in [0.15, 0.2) is 0 Å². The van der Waals surface area contributed by atoms with E-state index < -0.39 is 24.0 Å². The Morgan fingerprint density at radius 2 is 2.05 bits per heavy atom. The number of rotatable bonds is 5. The monoisotopic (exact) mass is 310 g/mol. The van der Waals surface area contributed by atoms with Crippen LogP contribution in [0.4, 0.5) is 4.79 Å². The first-order chi connectivity index (χ1) is 9.95. The summed E-state index contributed by atoms with van der Waals surface area (Å²) >= 11 is 0.989. The SMILES string of the molecule is O=C1NC(C(=O)N[C@H](Cc2ccc(O)cc2)C(=O)O)CS1. The standard InChI is InChI=1S/C13H14N2O5S/c16-8-3-1-7(2-4-8)5-9(12(18)19)14-11(17)10-6-21-13(20)15-10/h1-4,9-10,16H,5-6H2,(H,14,17)(H,15,20)(H,18,19)/t9-,10?/m1/s1. The van der Waals surface area contributed by atoms with Crippen LogP contribution in [0, 0.1) is 0 Å². The van der Waals surface area contributed by atoms with Gasteiger partial charge in [-0.2, -0.15) is 0 Å². The first-order valence-electron chi connectivity index (χ1n) is 6.20. The Labute approximate surface area is 124 Å². The molecule has 7 nitrogen and oxygen atoms in total. The summed E-state index contributed by atoms with van der Waals surface area (Å²) in [7, 11) is 0. The zero-order chi connectivity index (χ0) is 15.4. The molecule has 2 atom stereocenters. The Bertz CT molecular complexity index is 560. The molecule has 112 valence electrons. The average molecular weight is 310 g/mol. The Balaban J connectivity index is 1.99. The number of phenolic OH excluding ortho intramolecular Hbond substituents is 1. The number of hydrogen-bond acceptors (Lipinski definition) is 5. The van der Waals surface area contributed by atoms with Crippen LogP contribution in [0.25, 0.3) is 0 Å². The zero-order valence-electron chi connectivity index (χ0n) is 10.9. The summed E-state index contributed by atoms with van der Waals surface area (Å²) in [5, 5.41) is 22.9. The minimum absolute atomic E-state index is 0.0837. The van der Waals surface area contributed by atoms with Gasteiger partial charge in [0.05, 0.1) is 0 Å². The van der Waals surface area contributed by atoms with Crippen molar-refractivity contribution in [2.24, 2.45) is 0 Å². The smallest absolute Gasteiger partial charge is 0.326 e. The molecule has 1 heterocycles. The molecule has 1 aromatic rings. The third kappa shape index (κ3) is 4.12. The number of benzene rings is 1. The number of thioether (sulfide) groups is 1. The second-order valence-corrected chi connectivity index (χ2v) is 5.56. The highest BCUT2D eigenvalue weighted by molar-refractivity contribution is 8.14. The van der Waals surface area contributed by atoms with Crippen molar-refractivity contribution in [2.75, 3.05) is 5.75 Å². The highest BCUT2D eigenvalue weighted by Crippen LogP contribution is 2.14. The number of hydrogen-bond donors (Lipinski definition) is 4. The molecule has 1 aromatic carbocycles. The van der Waals surface area contributed by atoms with E-state index >= 15 is 0 Å². The molecular formula is C13H14N2O5S. The Morgan fingerprint density at radius 1 is 1.38 bits per heavy atom. The number of phenols is 1. The second kappa shape index (κ2) is 6.49. The van der Waals surface area contributed by atoms with E-state index in [-0.39, 0.29) is 23.2 Å². The fourth-order valence-electron chi connectivity index (χ4n) is 1.87. The molecular weight excluding hydrogens is 296 g/mol. The third-order valence-electron chi connectivity index (χ3n) is 2.98. The maximum atomic E-state index is 11.9. The highest BCUT2D eigenvalue weighted by Gasteiger charge is 2.31. The minimum Gasteiger partial charge on any atom is -0.508 e. The molecule has 1 aliphatic heterocycles. The second-order valence-electron chi connectivity index (χ2n) is 4.57. The fraction of sp³-hybridized carbons (Fsp3) is 0.308. The van der Waals surface area contributed by atoms with Gasteiger partial charge in [-0.1, -0.05) is 23.9 Å². The number of carbonyl (C=O) groups is 3. The lowest BCUT2D eigenvalue weighted by Gasteiger charge is -2.17. The van der Waals surface area contributed by atoms with E-state index in [1.54, 1.807) is 12.1 Å². The van der Waals surface area contributed by atoms with E-state index in [4.69, 9.17) is 0 Å². The van der Waals surface area contributed by atoms with Crippen LogP contribution in [-0.2, 0) is 16.0 Å². The first kappa shape index (κ1) is 15.2. The molecule has 0 bridgehead atoms. The van der Waals surface area contributed by atoms with Crippen LogP contribution in [0.15, 0.2) is 24.3 Å². The van der Waals surface area contributed by atoms with Crippen LogP contribution in [0.2, 0.25) is 0 Å². The van der Waals surface area contributed by atoms with E-state index in [0.29, 0.717) is 5.56 Å². The first-order valence-corrected chi connectivity index (χ1v) is 7.18. The van der Waals surface area contributed by atoms with Crippen LogP contribution in [-0.4, -0.2) is 45.2 Å². The van der Waals surface area contributed by atoms with Crippen molar-refractivity contribution in [1.29, 1.82) is 0 Å². The van der Waals surface area contributed by atoms with Crippen molar-refractivity contribution in [3.63, 3.8) is 0 Å². The van der Waals surface area contributed by atoms with Crippen molar-refractivity contribution in [1.82, 2.24) is 10.6 Å². The maximum absolute atomic E-state index is 11.9.